The molecule has 3 aliphatic carbocycles. The first-order chi connectivity index (χ1) is 16.5. The van der Waals surface area contributed by atoms with Crippen LogP contribution in [0, 0.1) is 22.9 Å². The molecule has 0 aliphatic heterocycles. The third kappa shape index (κ3) is 5.04. The third-order valence-corrected chi connectivity index (χ3v) is 7.28. The van der Waals surface area contributed by atoms with Crippen molar-refractivity contribution in [3.63, 3.8) is 0 Å². The number of aliphatic hydroxyl groups is 1. The normalized spacial score (nSPS) is 26.1. The Morgan fingerprint density at radius 3 is 2.31 bits per heavy atom. The van der Waals surface area contributed by atoms with Crippen molar-refractivity contribution in [3.05, 3.63) is 58.9 Å². The fourth-order valence-corrected chi connectivity index (χ4v) is 5.23. The Labute approximate surface area is 204 Å². The summed E-state index contributed by atoms with van der Waals surface area (Å²) < 4.78 is 51.2. The van der Waals surface area contributed by atoms with Gasteiger partial charge in [-0.25, -0.2) is 13.2 Å². The van der Waals surface area contributed by atoms with Crippen LogP contribution in [0.25, 0.3) is 0 Å². The van der Waals surface area contributed by atoms with Crippen molar-refractivity contribution >= 4 is 23.4 Å². The number of hydrogen-bond donors (Lipinski definition) is 3. The van der Waals surface area contributed by atoms with E-state index in [2.05, 4.69) is 5.32 Å². The number of ether oxygens (including phenoxy) is 2. The largest absolute Gasteiger partial charge is 0.484 e. The van der Waals surface area contributed by atoms with Gasteiger partial charge in [0.1, 0.15) is 17.3 Å². The monoisotopic (exact) mass is 512 g/mol. The zero-order chi connectivity index (χ0) is 25.4. The van der Waals surface area contributed by atoms with Gasteiger partial charge in [-0.05, 0) is 56.4 Å². The number of rotatable bonds is 8. The second-order valence-electron chi connectivity index (χ2n) is 9.12. The Morgan fingerprint density at radius 2 is 1.71 bits per heavy atom. The predicted molar refractivity (Wildman–Crippen MR) is 119 cm³/mol. The van der Waals surface area contributed by atoms with Crippen LogP contribution in [-0.4, -0.2) is 41.3 Å². The lowest BCUT2D eigenvalue weighted by Crippen LogP contribution is -2.67. The van der Waals surface area contributed by atoms with Gasteiger partial charge in [-0.3, -0.25) is 9.59 Å². The lowest BCUT2D eigenvalue weighted by atomic mass is 9.53. The highest BCUT2D eigenvalue weighted by molar-refractivity contribution is 6.30. The van der Waals surface area contributed by atoms with Crippen LogP contribution < -0.4 is 20.5 Å². The van der Waals surface area contributed by atoms with Gasteiger partial charge >= 0.3 is 0 Å². The molecule has 3 saturated carbocycles. The Kier molecular flexibility index (Phi) is 6.88. The molecule has 2 atom stereocenters. The Balaban J connectivity index is 1.42. The van der Waals surface area contributed by atoms with Gasteiger partial charge in [-0.1, -0.05) is 11.6 Å². The molecule has 4 N–H and O–H groups in total. The van der Waals surface area contributed by atoms with Crippen LogP contribution in [0.15, 0.2) is 36.4 Å². The number of hydrogen-bond acceptors (Lipinski definition) is 5. The Morgan fingerprint density at radius 1 is 1.06 bits per heavy atom. The number of carbonyl (C=O) groups excluding carboxylic acids is 2. The van der Waals surface area contributed by atoms with E-state index in [1.807, 2.05) is 0 Å². The number of aliphatic hydroxyl groups excluding tert-OH is 1. The van der Waals surface area contributed by atoms with Crippen molar-refractivity contribution < 1.29 is 37.3 Å². The van der Waals surface area contributed by atoms with Gasteiger partial charge in [-0.15, -0.1) is 0 Å². The van der Waals surface area contributed by atoms with Crippen molar-refractivity contribution in [3.8, 4) is 11.5 Å². The van der Waals surface area contributed by atoms with E-state index in [0.29, 0.717) is 25.7 Å². The minimum Gasteiger partial charge on any atom is -0.484 e. The van der Waals surface area contributed by atoms with Gasteiger partial charge in [0.15, 0.2) is 24.3 Å². The second-order valence-corrected chi connectivity index (χ2v) is 9.53. The molecule has 3 aliphatic rings. The first-order valence-corrected chi connectivity index (χ1v) is 11.4. The zero-order valence-electron chi connectivity index (χ0n) is 18.5. The van der Waals surface area contributed by atoms with Crippen LogP contribution >= 0.6 is 11.6 Å². The first kappa shape index (κ1) is 25.1. The molecule has 2 aromatic rings. The summed E-state index contributed by atoms with van der Waals surface area (Å²) in [5, 5.41) is 13.8. The quantitative estimate of drug-likeness (QED) is 0.503. The topological polar surface area (TPSA) is 111 Å². The molecular formula is C24H24ClF3N2O5. The van der Waals surface area contributed by atoms with Gasteiger partial charge in [0.05, 0.1) is 11.1 Å². The average Bonchev–Trinajstić information content (AvgIpc) is 2.81. The summed E-state index contributed by atoms with van der Waals surface area (Å²) in [6.45, 7) is -0.427. The maximum Gasteiger partial charge on any atom is 0.259 e. The third-order valence-electron chi connectivity index (χ3n) is 6.98. The minimum atomic E-state index is -1.22. The summed E-state index contributed by atoms with van der Waals surface area (Å²) in [6, 6.07) is 6.70. The van der Waals surface area contributed by atoms with E-state index >= 15 is 0 Å². The van der Waals surface area contributed by atoms with Crippen LogP contribution in [0.3, 0.4) is 0 Å². The highest BCUT2D eigenvalue weighted by atomic mass is 35.5. The molecule has 0 saturated heterocycles. The molecule has 188 valence electrons. The van der Waals surface area contributed by atoms with Crippen LogP contribution in [0.4, 0.5) is 13.2 Å². The number of carbonyl (C=O) groups is 2. The highest BCUT2D eigenvalue weighted by Crippen LogP contribution is 2.55. The van der Waals surface area contributed by atoms with E-state index in [-0.39, 0.29) is 22.9 Å². The maximum atomic E-state index is 13.9. The smallest absolute Gasteiger partial charge is 0.259 e. The van der Waals surface area contributed by atoms with E-state index < -0.39 is 59.0 Å². The van der Waals surface area contributed by atoms with Gasteiger partial charge in [0, 0.05) is 23.1 Å². The molecule has 0 radical (unpaired) electrons. The van der Waals surface area contributed by atoms with Crippen molar-refractivity contribution in [2.75, 3.05) is 6.61 Å². The molecule has 2 amide bonds. The number of amides is 2. The van der Waals surface area contributed by atoms with Gasteiger partial charge in [-0.2, -0.15) is 0 Å². The van der Waals surface area contributed by atoms with E-state index in [1.54, 1.807) is 0 Å². The zero-order valence-corrected chi connectivity index (χ0v) is 19.3. The molecule has 35 heavy (non-hydrogen) atoms. The molecule has 2 unspecified atom stereocenters. The Bertz CT molecular complexity index is 1140. The summed E-state index contributed by atoms with van der Waals surface area (Å²) in [5.74, 6) is -4.06. The highest BCUT2D eigenvalue weighted by Gasteiger charge is 2.60. The van der Waals surface area contributed by atoms with E-state index in [9.17, 15) is 27.9 Å². The molecule has 0 spiro atoms. The fourth-order valence-electron chi connectivity index (χ4n) is 5.11. The molecule has 2 bridgehead atoms. The van der Waals surface area contributed by atoms with Gasteiger partial charge in [0.25, 0.3) is 11.8 Å². The molecule has 7 nitrogen and oxygen atoms in total. The number of fused-ring (bicyclic) bond motifs is 3. The summed E-state index contributed by atoms with van der Waals surface area (Å²) in [6.07, 6.45) is -0.599. The fraction of sp³-hybridized carbons (Fsp3) is 0.417. The van der Waals surface area contributed by atoms with Crippen molar-refractivity contribution in [2.45, 2.75) is 49.9 Å². The lowest BCUT2D eigenvalue weighted by Gasteiger charge is -2.57. The number of nitrogens with one attached hydrogen (secondary N) is 1. The number of halogens is 4. The average molecular weight is 513 g/mol. The number of nitrogens with two attached hydrogens (primary N) is 1. The number of primary amides is 1. The predicted octanol–water partition coefficient (Wildman–Crippen LogP) is 3.25. The van der Waals surface area contributed by atoms with Crippen molar-refractivity contribution in [2.24, 2.45) is 11.1 Å². The van der Waals surface area contributed by atoms with Crippen LogP contribution in [0.2, 0.25) is 5.02 Å². The molecule has 5 rings (SSSR count). The summed E-state index contributed by atoms with van der Waals surface area (Å²) in [4.78, 5) is 24.9. The van der Waals surface area contributed by atoms with Crippen LogP contribution in [0.5, 0.6) is 11.5 Å². The molecule has 11 heteroatoms. The minimum absolute atomic E-state index is 0.00275. The Hall–Kier alpha value is -2.98. The van der Waals surface area contributed by atoms with E-state index in [4.69, 9.17) is 26.8 Å². The van der Waals surface area contributed by atoms with Crippen molar-refractivity contribution in [1.82, 2.24) is 5.32 Å². The van der Waals surface area contributed by atoms with Gasteiger partial charge in [0.2, 0.25) is 0 Å². The molecular weight excluding hydrogens is 489 g/mol. The standard InChI is InChI=1S/C24H24ClF3N2O5/c25-15-3-1-14(10-17(15)27)35-21(22(29)33)24-7-5-23(6-8-24,11-19(24)31)30-20(32)12-34-13-2-4-16(26)18(28)9-13/h1-4,9-10,19,21,31H,5-8,11-12H2,(H2,29,33)(H,30,32). The molecule has 0 aromatic heterocycles. The molecule has 2 aromatic carbocycles. The van der Waals surface area contributed by atoms with Crippen LogP contribution in [-0.2, 0) is 9.59 Å². The molecule has 0 heterocycles. The molecule has 3 fully saturated rings. The van der Waals surface area contributed by atoms with Gasteiger partial charge < -0.3 is 25.6 Å². The van der Waals surface area contributed by atoms with E-state index in [0.717, 1.165) is 18.2 Å². The van der Waals surface area contributed by atoms with Crippen LogP contribution in [0.1, 0.15) is 32.1 Å². The SMILES string of the molecule is NC(=O)C(Oc1ccc(Cl)c(F)c1)C12CCC(NC(=O)COc3ccc(F)c(F)c3)(CC1)CC2O. The second kappa shape index (κ2) is 9.58. The van der Waals surface area contributed by atoms with E-state index in [1.165, 1.54) is 18.2 Å². The summed E-state index contributed by atoms with van der Waals surface area (Å²) in [5.41, 5.74) is 3.89. The number of benzene rings is 2. The van der Waals surface area contributed by atoms with Crippen molar-refractivity contribution in [1.29, 1.82) is 0 Å². The summed E-state index contributed by atoms with van der Waals surface area (Å²) in [7, 11) is 0. The lowest BCUT2D eigenvalue weighted by molar-refractivity contribution is -0.164. The summed E-state index contributed by atoms with van der Waals surface area (Å²) >= 11 is 5.70. The maximum absolute atomic E-state index is 13.9. The first-order valence-electron chi connectivity index (χ1n) is 11.0.